The lowest BCUT2D eigenvalue weighted by Gasteiger charge is -2.24. The lowest BCUT2D eigenvalue weighted by molar-refractivity contribution is -0.0154. The van der Waals surface area contributed by atoms with Gasteiger partial charge >= 0.3 is 29.2 Å². The summed E-state index contributed by atoms with van der Waals surface area (Å²) in [5, 5.41) is 21.8. The Morgan fingerprint density at radius 2 is 1.83 bits per heavy atom. The number of aromatic nitrogens is 2. The van der Waals surface area contributed by atoms with Crippen LogP contribution in [-0.2, 0) is 31.6 Å². The number of nitrogens with one attached hydrogen (secondary N) is 2. The summed E-state index contributed by atoms with van der Waals surface area (Å²) in [6.07, 6.45) is -5.39. The second-order valence-corrected chi connectivity index (χ2v) is 9.73. The number of H-pyrrole nitrogens is 1. The summed E-state index contributed by atoms with van der Waals surface area (Å²) in [5.41, 5.74) is -0.781. The molecule has 2 heterocycles. The fraction of sp³-hybridized carbons (Fsp3) is 0.556. The van der Waals surface area contributed by atoms with Crippen molar-refractivity contribution in [2.24, 2.45) is 0 Å². The number of aromatic amines is 1. The van der Waals surface area contributed by atoms with Gasteiger partial charge in [-0.05, 0) is 6.07 Å². The summed E-state index contributed by atoms with van der Waals surface area (Å²) >= 11 is 0. The molecule has 0 spiro atoms. The number of aliphatic hydroxyl groups excluding tert-OH is 2. The highest BCUT2D eigenvalue weighted by Crippen LogP contribution is 2.66. The van der Waals surface area contributed by atoms with Crippen LogP contribution in [0, 0.1) is 0 Å². The molecule has 0 aromatic carbocycles. The number of phosphoric acid groups is 3. The highest BCUT2D eigenvalue weighted by atomic mass is 31.3. The number of ether oxygens (including phenoxy) is 1. The van der Waals surface area contributed by atoms with Crippen LogP contribution in [0.2, 0.25) is 0 Å². The largest absolute Gasteiger partial charge is 0.490 e. The average molecular weight is 483 g/mol. The second kappa shape index (κ2) is 8.99. The molecule has 29 heavy (non-hydrogen) atoms. The second-order valence-electron chi connectivity index (χ2n) is 5.36. The maximum atomic E-state index is 12.0. The molecule has 0 saturated carbocycles. The van der Waals surface area contributed by atoms with Gasteiger partial charge in [-0.1, -0.05) is 0 Å². The van der Waals surface area contributed by atoms with E-state index in [1.54, 1.807) is 0 Å². The van der Waals surface area contributed by atoms with Crippen LogP contribution in [-0.4, -0.2) is 70.9 Å². The van der Waals surface area contributed by atoms with Gasteiger partial charge in [0, 0.05) is 6.20 Å². The van der Waals surface area contributed by atoms with Crippen LogP contribution < -0.4 is 11.0 Å². The molecule has 1 aromatic rings. The SMILES string of the molecule is O=c1nccc(NC2O[C@H](CO)[C@@H](O)[C@@H]2OP(=O)(O)OP(=O)(O)OP(=O)(O)O)[nH]1. The molecule has 1 fully saturated rings. The molecule has 8 N–H and O–H groups in total. The summed E-state index contributed by atoms with van der Waals surface area (Å²) in [5.74, 6) is -0.0410. The van der Waals surface area contributed by atoms with Crippen molar-refractivity contribution in [3.63, 3.8) is 0 Å². The first-order valence-electron chi connectivity index (χ1n) is 7.30. The van der Waals surface area contributed by atoms with Gasteiger partial charge in [-0.25, -0.2) is 23.5 Å². The monoisotopic (exact) mass is 483 g/mol. The molecule has 1 aromatic heterocycles. The van der Waals surface area contributed by atoms with Gasteiger partial charge in [0.1, 0.15) is 24.1 Å². The first-order valence-corrected chi connectivity index (χ1v) is 11.8. The van der Waals surface area contributed by atoms with Crippen molar-refractivity contribution < 1.29 is 61.4 Å². The number of phosphoric ester groups is 1. The number of hydrogen-bond acceptors (Lipinski definition) is 12. The summed E-state index contributed by atoms with van der Waals surface area (Å²) < 4.78 is 50.9. The van der Waals surface area contributed by atoms with Crippen LogP contribution in [0.5, 0.6) is 0 Å². The third kappa shape index (κ3) is 7.31. The van der Waals surface area contributed by atoms with E-state index in [2.05, 4.69) is 28.4 Å². The minimum atomic E-state index is -5.78. The molecule has 17 nitrogen and oxygen atoms in total. The Morgan fingerprint density at radius 3 is 2.38 bits per heavy atom. The molecule has 166 valence electrons. The van der Waals surface area contributed by atoms with Gasteiger partial charge in [0.15, 0.2) is 6.23 Å². The van der Waals surface area contributed by atoms with E-state index in [9.17, 15) is 33.6 Å². The maximum absolute atomic E-state index is 12.0. The summed E-state index contributed by atoms with van der Waals surface area (Å²) in [7, 11) is -17.0. The fourth-order valence-corrected chi connectivity index (χ4v) is 5.38. The van der Waals surface area contributed by atoms with Crippen molar-refractivity contribution in [1.29, 1.82) is 0 Å². The van der Waals surface area contributed by atoms with Crippen molar-refractivity contribution in [2.75, 3.05) is 11.9 Å². The quantitative estimate of drug-likeness (QED) is 0.176. The van der Waals surface area contributed by atoms with E-state index in [0.717, 1.165) is 6.20 Å². The van der Waals surface area contributed by atoms with Crippen molar-refractivity contribution in [1.82, 2.24) is 9.97 Å². The van der Waals surface area contributed by atoms with Crippen LogP contribution >= 0.6 is 23.5 Å². The lowest BCUT2D eigenvalue weighted by atomic mass is 10.1. The maximum Gasteiger partial charge on any atom is 0.490 e. The molecule has 1 aliphatic heterocycles. The van der Waals surface area contributed by atoms with E-state index >= 15 is 0 Å². The zero-order valence-electron chi connectivity index (χ0n) is 13.9. The molecular weight excluding hydrogens is 467 g/mol. The van der Waals surface area contributed by atoms with Gasteiger partial charge in [0.05, 0.1) is 6.61 Å². The van der Waals surface area contributed by atoms with Crippen molar-refractivity contribution in [2.45, 2.75) is 24.5 Å². The van der Waals surface area contributed by atoms with Crippen LogP contribution in [0.1, 0.15) is 0 Å². The normalized spacial score (nSPS) is 29.2. The molecule has 3 unspecified atom stereocenters. The number of rotatable bonds is 9. The standard InChI is InChI=1S/C9H16N3O14P3/c13-3-4-6(14)7(8(23-4)11-5-1-2-10-9(15)12-5)24-28(19,20)26-29(21,22)25-27(16,17)18/h1-2,4,6-8,13-14H,3H2,(H,19,20)(H,21,22)(H2,16,17,18)(H2,10,11,12,15)/t4-,6-,7+,8?/m1/s1. The minimum absolute atomic E-state index is 0.0410. The van der Waals surface area contributed by atoms with Gasteiger partial charge < -0.3 is 39.8 Å². The number of aliphatic hydroxyl groups is 2. The smallest absolute Gasteiger partial charge is 0.394 e. The molecule has 20 heteroatoms. The third-order valence-electron chi connectivity index (χ3n) is 3.16. The Hall–Kier alpha value is -1.03. The van der Waals surface area contributed by atoms with E-state index in [1.165, 1.54) is 6.07 Å². The average Bonchev–Trinajstić information content (AvgIpc) is 2.79. The Balaban J connectivity index is 2.19. The Bertz CT molecular complexity index is 917. The molecular formula is C9H16N3O14P3. The first kappa shape index (κ1) is 24.2. The minimum Gasteiger partial charge on any atom is -0.394 e. The van der Waals surface area contributed by atoms with E-state index in [1.807, 2.05) is 0 Å². The Labute approximate surface area is 160 Å². The molecule has 0 radical (unpaired) electrons. The van der Waals surface area contributed by atoms with Gasteiger partial charge in [0.2, 0.25) is 0 Å². The van der Waals surface area contributed by atoms with Crippen LogP contribution in [0.4, 0.5) is 5.82 Å². The van der Waals surface area contributed by atoms with E-state index in [4.69, 9.17) is 19.4 Å². The van der Waals surface area contributed by atoms with Gasteiger partial charge in [-0.2, -0.15) is 8.62 Å². The third-order valence-corrected chi connectivity index (χ3v) is 7.00. The predicted octanol–water partition coefficient (Wildman–Crippen LogP) is -2.03. The molecule has 0 amide bonds. The van der Waals surface area contributed by atoms with Crippen molar-refractivity contribution in [3.8, 4) is 0 Å². The lowest BCUT2D eigenvalue weighted by Crippen LogP contribution is -2.39. The molecule has 1 saturated heterocycles. The van der Waals surface area contributed by atoms with Gasteiger partial charge in [0.25, 0.3) is 0 Å². The molecule has 2 rings (SSSR count). The highest BCUT2D eigenvalue weighted by molar-refractivity contribution is 7.66. The van der Waals surface area contributed by atoms with Gasteiger partial charge in [-0.15, -0.1) is 0 Å². The van der Waals surface area contributed by atoms with Crippen LogP contribution in [0.15, 0.2) is 17.1 Å². The Morgan fingerprint density at radius 1 is 1.17 bits per heavy atom. The zero-order valence-corrected chi connectivity index (χ0v) is 16.6. The predicted molar refractivity (Wildman–Crippen MR) is 89.0 cm³/mol. The van der Waals surface area contributed by atoms with Crippen molar-refractivity contribution in [3.05, 3.63) is 22.7 Å². The molecule has 6 atom stereocenters. The first-order chi connectivity index (χ1) is 13.2. The number of hydrogen-bond donors (Lipinski definition) is 8. The Kier molecular flexibility index (Phi) is 7.52. The zero-order chi connectivity index (χ0) is 22.0. The summed E-state index contributed by atoms with van der Waals surface area (Å²) in [4.78, 5) is 52.6. The highest BCUT2D eigenvalue weighted by Gasteiger charge is 2.50. The number of anilines is 1. The molecule has 1 aliphatic rings. The van der Waals surface area contributed by atoms with Crippen LogP contribution in [0.25, 0.3) is 0 Å². The molecule has 0 aliphatic carbocycles. The topological polar surface area (TPSA) is 267 Å². The van der Waals surface area contributed by atoms with E-state index in [0.29, 0.717) is 0 Å². The summed E-state index contributed by atoms with van der Waals surface area (Å²) in [6, 6.07) is 1.24. The van der Waals surface area contributed by atoms with Gasteiger partial charge in [-0.3, -0.25) is 9.51 Å². The fourth-order valence-electron chi connectivity index (χ4n) is 2.18. The van der Waals surface area contributed by atoms with Crippen LogP contribution in [0.3, 0.4) is 0 Å². The molecule has 0 bridgehead atoms. The number of nitrogens with zero attached hydrogens (tertiary/aromatic N) is 1. The summed E-state index contributed by atoms with van der Waals surface area (Å²) in [6.45, 7) is -0.775. The van der Waals surface area contributed by atoms with E-state index < -0.39 is 60.3 Å². The van der Waals surface area contributed by atoms with E-state index in [-0.39, 0.29) is 5.82 Å². The van der Waals surface area contributed by atoms with Crippen molar-refractivity contribution >= 4 is 29.3 Å².